The van der Waals surface area contributed by atoms with Gasteiger partial charge in [-0.2, -0.15) is 5.10 Å². The highest BCUT2D eigenvalue weighted by Gasteiger charge is 2.23. The van der Waals surface area contributed by atoms with Crippen molar-refractivity contribution >= 4 is 15.9 Å². The maximum absolute atomic E-state index is 4.43. The molecule has 1 rings (SSSR count). The van der Waals surface area contributed by atoms with Crippen molar-refractivity contribution in [1.82, 2.24) is 15.1 Å². The molecule has 0 aliphatic carbocycles. The molecule has 0 radical (unpaired) electrons. The van der Waals surface area contributed by atoms with E-state index in [1.807, 2.05) is 13.2 Å². The zero-order valence-electron chi connectivity index (χ0n) is 12.4. The van der Waals surface area contributed by atoms with E-state index in [2.05, 4.69) is 65.6 Å². The second-order valence-corrected chi connectivity index (χ2v) is 7.08. The third kappa shape index (κ3) is 3.82. The minimum Gasteiger partial charge on any atom is -0.316 e. The summed E-state index contributed by atoms with van der Waals surface area (Å²) in [4.78, 5) is 0. The lowest BCUT2D eigenvalue weighted by atomic mass is 9.84. The zero-order chi connectivity index (χ0) is 13.9. The quantitative estimate of drug-likeness (QED) is 0.895. The highest BCUT2D eigenvalue weighted by atomic mass is 79.9. The van der Waals surface area contributed by atoms with E-state index in [-0.39, 0.29) is 5.41 Å². The highest BCUT2D eigenvalue weighted by molar-refractivity contribution is 9.10. The van der Waals surface area contributed by atoms with Crippen molar-refractivity contribution in [2.75, 3.05) is 7.05 Å². The first-order valence-electron chi connectivity index (χ1n) is 6.66. The van der Waals surface area contributed by atoms with Gasteiger partial charge < -0.3 is 5.32 Å². The van der Waals surface area contributed by atoms with Gasteiger partial charge in [-0.05, 0) is 55.1 Å². The Bertz CT molecular complexity index is 377. The average Bonchev–Trinajstić information content (AvgIpc) is 2.59. The summed E-state index contributed by atoms with van der Waals surface area (Å²) in [5.41, 5.74) is 1.58. The van der Waals surface area contributed by atoms with Crippen LogP contribution in [0.3, 0.4) is 0 Å². The second-order valence-electron chi connectivity index (χ2n) is 6.22. The Balaban J connectivity index is 2.77. The van der Waals surface area contributed by atoms with Crippen LogP contribution in [-0.2, 0) is 6.42 Å². The summed E-state index contributed by atoms with van der Waals surface area (Å²) in [5.74, 6) is 0. The molecule has 18 heavy (non-hydrogen) atoms. The fraction of sp³-hybridized carbons (Fsp3) is 0.786. The van der Waals surface area contributed by atoms with E-state index < -0.39 is 0 Å². The number of rotatable bonds is 5. The molecule has 0 saturated heterocycles. The molecular formula is C14H26BrN3. The van der Waals surface area contributed by atoms with E-state index >= 15 is 0 Å². The molecule has 0 aliphatic rings. The van der Waals surface area contributed by atoms with Crippen LogP contribution >= 0.6 is 15.9 Å². The molecule has 1 unspecified atom stereocenters. The summed E-state index contributed by atoms with van der Waals surface area (Å²) in [6, 6.07) is 0.925. The third-order valence-corrected chi connectivity index (χ3v) is 4.06. The van der Waals surface area contributed by atoms with Crippen molar-refractivity contribution < 1.29 is 0 Å². The summed E-state index contributed by atoms with van der Waals surface area (Å²) in [5, 5.41) is 7.86. The van der Waals surface area contributed by atoms with Crippen LogP contribution in [0.5, 0.6) is 0 Å². The molecule has 1 aromatic heterocycles. The normalized spacial score (nSPS) is 14.2. The van der Waals surface area contributed by atoms with Crippen LogP contribution in [0.25, 0.3) is 0 Å². The first-order chi connectivity index (χ1) is 8.27. The second kappa shape index (κ2) is 6.20. The summed E-state index contributed by atoms with van der Waals surface area (Å²) in [6.07, 6.45) is 4.07. The van der Waals surface area contributed by atoms with Gasteiger partial charge in [0.25, 0.3) is 0 Å². The van der Waals surface area contributed by atoms with E-state index in [1.54, 1.807) is 0 Å². The van der Waals surface area contributed by atoms with Gasteiger partial charge in [0.15, 0.2) is 0 Å². The van der Waals surface area contributed by atoms with Gasteiger partial charge in [-0.1, -0.05) is 20.8 Å². The van der Waals surface area contributed by atoms with Gasteiger partial charge in [0.1, 0.15) is 0 Å². The van der Waals surface area contributed by atoms with Crippen molar-refractivity contribution in [3.05, 3.63) is 16.4 Å². The van der Waals surface area contributed by atoms with Gasteiger partial charge in [-0.3, -0.25) is 4.68 Å². The molecule has 0 aromatic carbocycles. The smallest absolute Gasteiger partial charge is 0.0635 e. The van der Waals surface area contributed by atoms with Crippen molar-refractivity contribution in [1.29, 1.82) is 0 Å². The molecule has 0 fully saturated rings. The van der Waals surface area contributed by atoms with Crippen LogP contribution in [0.1, 0.15) is 52.8 Å². The molecule has 1 heterocycles. The topological polar surface area (TPSA) is 29.9 Å². The summed E-state index contributed by atoms with van der Waals surface area (Å²) in [6.45, 7) is 11.2. The standard InChI is InChI=1S/C14H26BrN3/c1-10(2)18-12(11(15)9-17-18)7-8-13(16-6)14(3,4)5/h9-10,13,16H,7-8H2,1-6H3. The number of nitrogens with zero attached hydrogens (tertiary/aromatic N) is 2. The number of hydrogen-bond acceptors (Lipinski definition) is 2. The molecule has 0 bridgehead atoms. The molecule has 1 N–H and O–H groups in total. The monoisotopic (exact) mass is 315 g/mol. The fourth-order valence-electron chi connectivity index (χ4n) is 2.34. The molecule has 3 nitrogen and oxygen atoms in total. The number of halogens is 1. The summed E-state index contributed by atoms with van der Waals surface area (Å²) in [7, 11) is 2.05. The zero-order valence-corrected chi connectivity index (χ0v) is 14.0. The Hall–Kier alpha value is -0.350. The van der Waals surface area contributed by atoms with Crippen LogP contribution in [0.4, 0.5) is 0 Å². The molecule has 0 saturated carbocycles. The largest absolute Gasteiger partial charge is 0.316 e. The van der Waals surface area contributed by atoms with Gasteiger partial charge in [0, 0.05) is 12.1 Å². The maximum atomic E-state index is 4.43. The highest BCUT2D eigenvalue weighted by Crippen LogP contribution is 2.26. The first-order valence-corrected chi connectivity index (χ1v) is 7.45. The molecule has 1 atom stereocenters. The van der Waals surface area contributed by atoms with Crippen molar-refractivity contribution in [2.24, 2.45) is 5.41 Å². The summed E-state index contributed by atoms with van der Waals surface area (Å²) >= 11 is 3.60. The predicted molar refractivity (Wildman–Crippen MR) is 80.9 cm³/mol. The van der Waals surface area contributed by atoms with Crippen LogP contribution in [0.15, 0.2) is 10.7 Å². The fourth-order valence-corrected chi connectivity index (χ4v) is 2.81. The molecule has 104 valence electrons. The van der Waals surface area contributed by atoms with Gasteiger partial charge in [-0.25, -0.2) is 0 Å². The lowest BCUT2D eigenvalue weighted by molar-refractivity contribution is 0.266. The Morgan fingerprint density at radius 2 is 2.00 bits per heavy atom. The Morgan fingerprint density at radius 1 is 1.39 bits per heavy atom. The molecule has 0 aliphatic heterocycles. The van der Waals surface area contributed by atoms with Crippen LogP contribution in [-0.4, -0.2) is 22.9 Å². The van der Waals surface area contributed by atoms with Gasteiger partial charge in [0.05, 0.1) is 16.4 Å². The first kappa shape index (κ1) is 15.7. The lowest BCUT2D eigenvalue weighted by Crippen LogP contribution is -2.38. The van der Waals surface area contributed by atoms with E-state index in [9.17, 15) is 0 Å². The third-order valence-electron chi connectivity index (χ3n) is 3.40. The van der Waals surface area contributed by atoms with E-state index in [0.29, 0.717) is 12.1 Å². The molecule has 0 amide bonds. The van der Waals surface area contributed by atoms with Crippen LogP contribution < -0.4 is 5.32 Å². The Kier molecular flexibility index (Phi) is 5.41. The predicted octanol–water partition coefficient (Wildman–Crippen LogP) is 3.79. The minimum atomic E-state index is 0.282. The average molecular weight is 316 g/mol. The summed E-state index contributed by atoms with van der Waals surface area (Å²) < 4.78 is 3.24. The van der Waals surface area contributed by atoms with Crippen molar-refractivity contribution in [3.8, 4) is 0 Å². The van der Waals surface area contributed by atoms with E-state index in [4.69, 9.17) is 0 Å². The van der Waals surface area contributed by atoms with Gasteiger partial charge >= 0.3 is 0 Å². The van der Waals surface area contributed by atoms with Gasteiger partial charge in [0.2, 0.25) is 0 Å². The molecule has 0 spiro atoms. The Labute approximate surface area is 119 Å². The number of nitrogens with one attached hydrogen (secondary N) is 1. The van der Waals surface area contributed by atoms with E-state index in [1.165, 1.54) is 5.69 Å². The van der Waals surface area contributed by atoms with Gasteiger partial charge in [-0.15, -0.1) is 0 Å². The number of hydrogen-bond donors (Lipinski definition) is 1. The molecular weight excluding hydrogens is 290 g/mol. The van der Waals surface area contributed by atoms with Crippen molar-refractivity contribution in [3.63, 3.8) is 0 Å². The lowest BCUT2D eigenvalue weighted by Gasteiger charge is -2.30. The van der Waals surface area contributed by atoms with Crippen LogP contribution in [0.2, 0.25) is 0 Å². The van der Waals surface area contributed by atoms with Crippen LogP contribution in [0, 0.1) is 5.41 Å². The number of aromatic nitrogens is 2. The molecule has 4 heteroatoms. The van der Waals surface area contributed by atoms with E-state index in [0.717, 1.165) is 17.3 Å². The Morgan fingerprint density at radius 3 is 2.44 bits per heavy atom. The maximum Gasteiger partial charge on any atom is 0.0635 e. The SMILES string of the molecule is CNC(CCc1c(Br)cnn1C(C)C)C(C)(C)C. The van der Waals surface area contributed by atoms with Crippen molar-refractivity contribution in [2.45, 2.75) is 59.5 Å². The minimum absolute atomic E-state index is 0.282. The molecule has 1 aromatic rings.